The van der Waals surface area contributed by atoms with Crippen molar-refractivity contribution in [3.8, 4) is 0 Å². The van der Waals surface area contributed by atoms with Crippen LogP contribution in [0, 0.1) is 0 Å². The minimum atomic E-state index is -4.00. The smallest absolute Gasteiger partial charge is 0.329 e. The molecule has 4 rings (SSSR count). The van der Waals surface area contributed by atoms with E-state index in [0.717, 1.165) is 24.2 Å². The summed E-state index contributed by atoms with van der Waals surface area (Å²) in [6.45, 7) is 0.586. The van der Waals surface area contributed by atoms with Gasteiger partial charge in [-0.25, -0.2) is 18.2 Å². The van der Waals surface area contributed by atoms with Crippen molar-refractivity contribution in [3.63, 3.8) is 0 Å². The van der Waals surface area contributed by atoms with Gasteiger partial charge in [-0.15, -0.1) is 0 Å². The van der Waals surface area contributed by atoms with E-state index in [1.165, 1.54) is 6.20 Å². The molecular formula is C16H17N3O4S. The number of hydrogen-bond donors (Lipinski definition) is 2. The highest BCUT2D eigenvalue weighted by Gasteiger charge is 2.49. The molecule has 126 valence electrons. The van der Waals surface area contributed by atoms with Crippen molar-refractivity contribution in [2.24, 2.45) is 0 Å². The lowest BCUT2D eigenvalue weighted by molar-refractivity contribution is -0.144. The number of hydrogen-bond acceptors (Lipinski definition) is 4. The molecule has 0 bridgehead atoms. The summed E-state index contributed by atoms with van der Waals surface area (Å²) in [5.74, 6) is -0.455. The van der Waals surface area contributed by atoms with Crippen LogP contribution in [0.2, 0.25) is 0 Å². The van der Waals surface area contributed by atoms with E-state index in [1.807, 2.05) is 12.1 Å². The van der Waals surface area contributed by atoms with Crippen LogP contribution < -0.4 is 4.72 Å². The highest BCUT2D eigenvalue weighted by Crippen LogP contribution is 2.38. The number of rotatable bonds is 4. The van der Waals surface area contributed by atoms with Crippen LogP contribution in [0.3, 0.4) is 0 Å². The van der Waals surface area contributed by atoms with E-state index < -0.39 is 21.5 Å². The summed E-state index contributed by atoms with van der Waals surface area (Å²) in [4.78, 5) is 16.2. The van der Waals surface area contributed by atoms with Gasteiger partial charge in [-0.3, -0.25) is 0 Å². The van der Waals surface area contributed by atoms with Gasteiger partial charge in [0, 0.05) is 13.0 Å². The molecule has 7 nitrogen and oxygen atoms in total. The average molecular weight is 347 g/mol. The van der Waals surface area contributed by atoms with Crippen LogP contribution in [0.4, 0.5) is 0 Å². The number of fused-ring (bicyclic) bond motifs is 2. The number of nitrogens with zero attached hydrogens (tertiary/aromatic N) is 2. The van der Waals surface area contributed by atoms with Crippen LogP contribution >= 0.6 is 0 Å². The van der Waals surface area contributed by atoms with Gasteiger partial charge in [0.2, 0.25) is 0 Å². The number of aryl methyl sites for hydroxylation is 2. The number of aromatic nitrogens is 2. The Labute approximate surface area is 139 Å². The lowest BCUT2D eigenvalue weighted by Crippen LogP contribution is -2.50. The molecule has 0 saturated carbocycles. The molecule has 2 aliphatic rings. The van der Waals surface area contributed by atoms with Gasteiger partial charge in [0.15, 0.2) is 10.6 Å². The van der Waals surface area contributed by atoms with E-state index in [1.54, 1.807) is 16.7 Å². The number of imidazole rings is 1. The largest absolute Gasteiger partial charge is 0.480 e. The number of carboxylic acids is 1. The van der Waals surface area contributed by atoms with E-state index >= 15 is 0 Å². The molecule has 8 heteroatoms. The average Bonchev–Trinajstić information content (AvgIpc) is 3.21. The first-order valence-corrected chi connectivity index (χ1v) is 9.32. The molecule has 1 unspecified atom stereocenters. The zero-order chi connectivity index (χ0) is 16.9. The van der Waals surface area contributed by atoms with Gasteiger partial charge in [0.25, 0.3) is 10.0 Å². The van der Waals surface area contributed by atoms with Crippen molar-refractivity contribution in [1.82, 2.24) is 14.3 Å². The molecule has 1 atom stereocenters. The molecule has 2 aromatic rings. The number of benzene rings is 1. The third kappa shape index (κ3) is 2.10. The fourth-order valence-corrected chi connectivity index (χ4v) is 5.25. The van der Waals surface area contributed by atoms with Crippen LogP contribution in [0.1, 0.15) is 29.8 Å². The topological polar surface area (TPSA) is 101 Å². The van der Waals surface area contributed by atoms with Gasteiger partial charge in [0.1, 0.15) is 5.82 Å². The summed E-state index contributed by atoms with van der Waals surface area (Å²) in [7, 11) is -4.00. The van der Waals surface area contributed by atoms with Gasteiger partial charge < -0.3 is 9.67 Å². The lowest BCUT2D eigenvalue weighted by atomic mass is 9.93. The van der Waals surface area contributed by atoms with E-state index in [0.29, 0.717) is 18.5 Å². The molecular weight excluding hydrogens is 330 g/mol. The molecule has 24 heavy (non-hydrogen) atoms. The highest BCUT2D eigenvalue weighted by atomic mass is 32.2. The zero-order valence-electron chi connectivity index (χ0n) is 12.9. The van der Waals surface area contributed by atoms with Gasteiger partial charge in [-0.05, 0) is 30.4 Å². The summed E-state index contributed by atoms with van der Waals surface area (Å²) >= 11 is 0. The van der Waals surface area contributed by atoms with Crippen LogP contribution in [-0.2, 0) is 39.7 Å². The van der Waals surface area contributed by atoms with Crippen molar-refractivity contribution in [1.29, 1.82) is 0 Å². The molecule has 2 heterocycles. The van der Waals surface area contributed by atoms with Gasteiger partial charge in [-0.2, -0.15) is 4.72 Å². The second kappa shape index (κ2) is 5.15. The Hall–Kier alpha value is -2.19. The Balaban J connectivity index is 1.79. The zero-order valence-corrected chi connectivity index (χ0v) is 13.7. The predicted octanol–water partition coefficient (Wildman–Crippen LogP) is 1.03. The molecule has 0 fully saturated rings. The molecule has 0 radical (unpaired) electrons. The second-order valence-electron chi connectivity index (χ2n) is 6.24. The molecule has 0 saturated heterocycles. The monoisotopic (exact) mass is 347 g/mol. The maximum atomic E-state index is 12.9. The van der Waals surface area contributed by atoms with Crippen molar-refractivity contribution < 1.29 is 18.3 Å². The Morgan fingerprint density at radius 2 is 2.08 bits per heavy atom. The van der Waals surface area contributed by atoms with Gasteiger partial charge in [0.05, 0.1) is 6.20 Å². The minimum absolute atomic E-state index is 0.0417. The number of sulfonamides is 1. The van der Waals surface area contributed by atoms with Crippen molar-refractivity contribution >= 4 is 16.0 Å². The summed E-state index contributed by atoms with van der Waals surface area (Å²) in [5, 5.41) is 9.86. The number of aliphatic carboxylic acids is 1. The second-order valence-corrected chi connectivity index (χ2v) is 7.87. The van der Waals surface area contributed by atoms with E-state index in [9.17, 15) is 18.3 Å². The lowest BCUT2D eigenvalue weighted by Gasteiger charge is -2.26. The third-order valence-electron chi connectivity index (χ3n) is 4.88. The number of nitrogens with one attached hydrogen (secondary N) is 1. The molecule has 1 aromatic heterocycles. The van der Waals surface area contributed by atoms with E-state index in [-0.39, 0.29) is 11.4 Å². The fraction of sp³-hybridized carbons (Fsp3) is 0.375. The predicted molar refractivity (Wildman–Crippen MR) is 84.9 cm³/mol. The Morgan fingerprint density at radius 3 is 2.88 bits per heavy atom. The highest BCUT2D eigenvalue weighted by molar-refractivity contribution is 7.89. The quantitative estimate of drug-likeness (QED) is 0.860. The maximum absolute atomic E-state index is 12.9. The Kier molecular flexibility index (Phi) is 3.29. The first-order chi connectivity index (χ1) is 11.4. The number of carbonyl (C=O) groups is 1. The Morgan fingerprint density at radius 1 is 1.29 bits per heavy atom. The molecule has 0 amide bonds. The third-order valence-corrected chi connectivity index (χ3v) is 6.37. The first kappa shape index (κ1) is 15.3. The fourth-order valence-electron chi connectivity index (χ4n) is 3.71. The van der Waals surface area contributed by atoms with Crippen LogP contribution in [0.25, 0.3) is 0 Å². The first-order valence-electron chi connectivity index (χ1n) is 7.84. The molecule has 1 aliphatic carbocycles. The van der Waals surface area contributed by atoms with E-state index in [4.69, 9.17) is 0 Å². The summed E-state index contributed by atoms with van der Waals surface area (Å²) in [6, 6.07) is 7.08. The summed E-state index contributed by atoms with van der Waals surface area (Å²) in [5.41, 5.74) is -0.248. The summed E-state index contributed by atoms with van der Waals surface area (Å²) < 4.78 is 29.9. The van der Waals surface area contributed by atoms with Crippen LogP contribution in [-0.4, -0.2) is 29.0 Å². The molecule has 0 spiro atoms. The standard InChI is InChI=1S/C16H17N3O4S/c20-15(21)16(8-7-11-4-1-2-5-12(11)16)18-24(22,23)14-10-17-13-6-3-9-19(13)14/h1-2,4-5,10,18H,3,6-9H2,(H,20,21). The molecule has 2 N–H and O–H groups in total. The van der Waals surface area contributed by atoms with Gasteiger partial charge in [-0.1, -0.05) is 24.3 Å². The minimum Gasteiger partial charge on any atom is -0.480 e. The van der Waals surface area contributed by atoms with Crippen LogP contribution in [0.15, 0.2) is 35.5 Å². The van der Waals surface area contributed by atoms with E-state index in [2.05, 4.69) is 9.71 Å². The van der Waals surface area contributed by atoms with Crippen LogP contribution in [0.5, 0.6) is 0 Å². The molecule has 1 aromatic carbocycles. The maximum Gasteiger partial charge on any atom is 0.329 e. The normalized spacial score (nSPS) is 22.3. The molecule has 1 aliphatic heterocycles. The van der Waals surface area contributed by atoms with Gasteiger partial charge >= 0.3 is 5.97 Å². The number of carboxylic acid groups (broad SMARTS) is 1. The van der Waals surface area contributed by atoms with Crippen molar-refractivity contribution in [2.75, 3.05) is 0 Å². The summed E-state index contributed by atoms with van der Waals surface area (Å²) in [6.07, 6.45) is 3.62. The SMILES string of the molecule is O=C(O)C1(NS(=O)(=O)c2cnc3n2CCC3)CCc2ccccc21. The van der Waals surface area contributed by atoms with Crippen molar-refractivity contribution in [3.05, 3.63) is 47.4 Å². The Bertz CT molecular complexity index is 935. The van der Waals surface area contributed by atoms with Crippen molar-refractivity contribution in [2.45, 2.75) is 42.8 Å².